The lowest BCUT2D eigenvalue weighted by Crippen LogP contribution is -1.95. The van der Waals surface area contributed by atoms with Crippen molar-refractivity contribution in [3.05, 3.63) is 48.4 Å². The topological polar surface area (TPSA) is 73.3 Å². The Morgan fingerprint density at radius 1 is 1.22 bits per heavy atom. The van der Waals surface area contributed by atoms with Gasteiger partial charge in [0.1, 0.15) is 11.6 Å². The Balaban J connectivity index is 1.84. The zero-order chi connectivity index (χ0) is 18.7. The van der Waals surface area contributed by atoms with Crippen LogP contribution in [-0.2, 0) is 0 Å². The average Bonchev–Trinajstić information content (AvgIpc) is 3.45. The molecule has 2 aromatic heterocycles. The summed E-state index contributed by atoms with van der Waals surface area (Å²) in [6.07, 6.45) is 3.95. The predicted octanol–water partition coefficient (Wildman–Crippen LogP) is 4.63. The van der Waals surface area contributed by atoms with Gasteiger partial charge in [0.25, 0.3) is 0 Å². The Hall–Kier alpha value is -3.28. The second-order valence-electron chi connectivity index (χ2n) is 6.92. The van der Waals surface area contributed by atoms with E-state index in [0.717, 1.165) is 29.4 Å². The number of para-hydroxylation sites is 1. The number of aromatic nitrogens is 2. The van der Waals surface area contributed by atoms with E-state index < -0.39 is 0 Å². The van der Waals surface area contributed by atoms with Gasteiger partial charge in [-0.25, -0.2) is 9.37 Å². The van der Waals surface area contributed by atoms with Gasteiger partial charge in [0, 0.05) is 34.8 Å². The van der Waals surface area contributed by atoms with Gasteiger partial charge < -0.3 is 20.1 Å². The standard InChI is InChI=1S/C21H18FN3O2/c1-27-17-9-11(22)5-8-13(17)14-3-2-4-15-19(23)18-16(24-20(14)15)10-25(21(18)26)12-6-7-12/h2-5,8-10,12,26H,6-7,23H2,1H3. The maximum absolute atomic E-state index is 13.6. The molecule has 5 rings (SSSR count). The monoisotopic (exact) mass is 363 g/mol. The van der Waals surface area contributed by atoms with Crippen molar-refractivity contribution in [1.82, 2.24) is 9.55 Å². The fourth-order valence-corrected chi connectivity index (χ4v) is 3.72. The zero-order valence-electron chi connectivity index (χ0n) is 14.7. The summed E-state index contributed by atoms with van der Waals surface area (Å²) in [6.45, 7) is 0. The molecule has 136 valence electrons. The van der Waals surface area contributed by atoms with Gasteiger partial charge in [0.15, 0.2) is 0 Å². The fraction of sp³-hybridized carbons (Fsp3) is 0.190. The van der Waals surface area contributed by atoms with Crippen molar-refractivity contribution in [2.45, 2.75) is 18.9 Å². The third kappa shape index (κ3) is 2.33. The summed E-state index contributed by atoms with van der Waals surface area (Å²) in [5, 5.41) is 11.9. The van der Waals surface area contributed by atoms with Gasteiger partial charge in [-0.3, -0.25) is 0 Å². The van der Waals surface area contributed by atoms with Crippen molar-refractivity contribution in [2.24, 2.45) is 0 Å². The van der Waals surface area contributed by atoms with Crippen LogP contribution >= 0.6 is 0 Å². The number of hydrogen-bond donors (Lipinski definition) is 2. The summed E-state index contributed by atoms with van der Waals surface area (Å²) < 4.78 is 20.8. The SMILES string of the molecule is COc1cc(F)ccc1-c1cccc2c(N)c3c(O)n(C4CC4)cc3nc12. The summed E-state index contributed by atoms with van der Waals surface area (Å²) in [5.41, 5.74) is 9.81. The maximum Gasteiger partial charge on any atom is 0.203 e. The van der Waals surface area contributed by atoms with E-state index >= 15 is 0 Å². The molecule has 1 saturated carbocycles. The quantitative estimate of drug-likeness (QED) is 0.557. The first-order chi connectivity index (χ1) is 13.1. The summed E-state index contributed by atoms with van der Waals surface area (Å²) >= 11 is 0. The highest BCUT2D eigenvalue weighted by atomic mass is 19.1. The molecule has 4 aromatic rings. The minimum atomic E-state index is -0.364. The number of methoxy groups -OCH3 is 1. The van der Waals surface area contributed by atoms with Crippen LogP contribution in [0, 0.1) is 5.82 Å². The van der Waals surface area contributed by atoms with Gasteiger partial charge in [0.2, 0.25) is 5.88 Å². The molecule has 0 atom stereocenters. The lowest BCUT2D eigenvalue weighted by molar-refractivity contribution is 0.413. The molecule has 0 saturated heterocycles. The van der Waals surface area contributed by atoms with Crippen LogP contribution in [0.15, 0.2) is 42.6 Å². The van der Waals surface area contributed by atoms with Crippen molar-refractivity contribution in [1.29, 1.82) is 0 Å². The molecule has 0 aliphatic heterocycles. The number of rotatable bonds is 3. The Kier molecular flexibility index (Phi) is 3.31. The molecule has 27 heavy (non-hydrogen) atoms. The number of pyridine rings is 1. The molecule has 0 bridgehead atoms. The lowest BCUT2D eigenvalue weighted by atomic mass is 9.99. The van der Waals surface area contributed by atoms with Crippen molar-refractivity contribution >= 4 is 27.5 Å². The van der Waals surface area contributed by atoms with Gasteiger partial charge >= 0.3 is 0 Å². The summed E-state index contributed by atoms with van der Waals surface area (Å²) in [4.78, 5) is 4.79. The highest BCUT2D eigenvalue weighted by Gasteiger charge is 2.28. The largest absolute Gasteiger partial charge is 0.496 e. The summed E-state index contributed by atoms with van der Waals surface area (Å²) in [5.74, 6) is 0.239. The third-order valence-electron chi connectivity index (χ3n) is 5.21. The van der Waals surface area contributed by atoms with Crippen LogP contribution in [0.2, 0.25) is 0 Å². The number of benzene rings is 2. The van der Waals surface area contributed by atoms with E-state index in [-0.39, 0.29) is 11.7 Å². The Morgan fingerprint density at radius 2 is 2.04 bits per heavy atom. The molecule has 0 amide bonds. The van der Waals surface area contributed by atoms with Crippen molar-refractivity contribution in [2.75, 3.05) is 12.8 Å². The molecule has 6 heteroatoms. The van der Waals surface area contributed by atoms with E-state index in [9.17, 15) is 9.50 Å². The number of nitrogen functional groups attached to an aromatic ring is 1. The van der Waals surface area contributed by atoms with Gasteiger partial charge in [-0.15, -0.1) is 0 Å². The average molecular weight is 363 g/mol. The van der Waals surface area contributed by atoms with Gasteiger partial charge in [-0.1, -0.05) is 18.2 Å². The highest BCUT2D eigenvalue weighted by molar-refractivity contribution is 6.12. The number of ether oxygens (including phenoxy) is 1. The van der Waals surface area contributed by atoms with E-state index in [1.165, 1.54) is 19.2 Å². The van der Waals surface area contributed by atoms with Crippen LogP contribution in [0.4, 0.5) is 10.1 Å². The van der Waals surface area contributed by atoms with E-state index in [4.69, 9.17) is 15.5 Å². The van der Waals surface area contributed by atoms with E-state index in [1.807, 2.05) is 29.0 Å². The summed E-state index contributed by atoms with van der Waals surface area (Å²) in [7, 11) is 1.51. The molecular formula is C21H18FN3O2. The molecule has 1 aliphatic carbocycles. The third-order valence-corrected chi connectivity index (χ3v) is 5.21. The van der Waals surface area contributed by atoms with Crippen LogP contribution in [0.1, 0.15) is 18.9 Å². The molecule has 5 nitrogen and oxygen atoms in total. The summed E-state index contributed by atoms with van der Waals surface area (Å²) in [6, 6.07) is 10.4. The molecule has 0 radical (unpaired) electrons. The highest BCUT2D eigenvalue weighted by Crippen LogP contribution is 2.45. The molecular weight excluding hydrogens is 345 g/mol. The van der Waals surface area contributed by atoms with Crippen molar-refractivity contribution < 1.29 is 14.2 Å². The first kappa shape index (κ1) is 15.9. The normalized spacial score (nSPS) is 14.1. The Bertz CT molecular complexity index is 1210. The molecule has 0 spiro atoms. The molecule has 1 fully saturated rings. The Morgan fingerprint density at radius 3 is 2.78 bits per heavy atom. The minimum Gasteiger partial charge on any atom is -0.496 e. The van der Waals surface area contributed by atoms with Gasteiger partial charge in [-0.2, -0.15) is 0 Å². The number of hydrogen-bond acceptors (Lipinski definition) is 4. The smallest absolute Gasteiger partial charge is 0.203 e. The van der Waals surface area contributed by atoms with E-state index in [0.29, 0.717) is 33.9 Å². The van der Waals surface area contributed by atoms with Crippen molar-refractivity contribution in [3.8, 4) is 22.8 Å². The molecule has 0 unspecified atom stereocenters. The molecule has 2 aromatic carbocycles. The van der Waals surface area contributed by atoms with Crippen LogP contribution in [0.3, 0.4) is 0 Å². The molecule has 3 N–H and O–H groups in total. The zero-order valence-corrected chi connectivity index (χ0v) is 14.7. The lowest BCUT2D eigenvalue weighted by Gasteiger charge is -2.12. The maximum atomic E-state index is 13.6. The van der Waals surface area contributed by atoms with Crippen LogP contribution in [0.5, 0.6) is 11.6 Å². The second-order valence-corrected chi connectivity index (χ2v) is 6.92. The number of nitrogens with two attached hydrogens (primary N) is 1. The van der Waals surface area contributed by atoms with Gasteiger partial charge in [0.05, 0.1) is 29.2 Å². The predicted molar refractivity (Wildman–Crippen MR) is 104 cm³/mol. The number of fused-ring (bicyclic) bond motifs is 2. The first-order valence-electron chi connectivity index (χ1n) is 8.84. The van der Waals surface area contributed by atoms with Crippen LogP contribution < -0.4 is 10.5 Å². The van der Waals surface area contributed by atoms with Crippen LogP contribution in [-0.4, -0.2) is 21.8 Å². The number of anilines is 1. The number of aromatic hydroxyl groups is 1. The molecule has 2 heterocycles. The number of halogens is 1. The molecule has 1 aliphatic rings. The minimum absolute atomic E-state index is 0.171. The number of nitrogens with zero attached hydrogens (tertiary/aromatic N) is 2. The first-order valence-corrected chi connectivity index (χ1v) is 8.84. The van der Waals surface area contributed by atoms with E-state index in [1.54, 1.807) is 6.07 Å². The van der Waals surface area contributed by atoms with E-state index in [2.05, 4.69) is 0 Å². The van der Waals surface area contributed by atoms with Crippen LogP contribution in [0.25, 0.3) is 32.9 Å². The Labute approximate surface area is 154 Å². The van der Waals surface area contributed by atoms with Crippen molar-refractivity contribution in [3.63, 3.8) is 0 Å². The fourth-order valence-electron chi connectivity index (χ4n) is 3.72. The second kappa shape index (κ2) is 5.61. The van der Waals surface area contributed by atoms with Gasteiger partial charge in [-0.05, 0) is 25.0 Å².